The zero-order valence-electron chi connectivity index (χ0n) is 20.7. The molecule has 1 N–H and O–H groups in total. The van der Waals surface area contributed by atoms with Gasteiger partial charge < -0.3 is 20.0 Å². The minimum absolute atomic E-state index is 0.270. The zero-order chi connectivity index (χ0) is 24.2. The standard InChI is InChI=1S/C26H35FN8/c1-3-10-33-11-8-23(9-12-33)35-19-20(17-29-35)25-24(27)18-28-26(31-25)30-21-4-6-22(7-5-21)34-15-13-32(2)14-16-34/h4-7,17-19,23H,3,8-16H2,1-2H3,(H,28,30,31). The van der Waals surface area contributed by atoms with Crippen LogP contribution in [0.3, 0.4) is 0 Å². The molecule has 0 amide bonds. The van der Waals surface area contributed by atoms with Gasteiger partial charge in [-0.15, -0.1) is 0 Å². The molecule has 0 radical (unpaired) electrons. The minimum Gasteiger partial charge on any atom is -0.369 e. The second-order valence-corrected chi connectivity index (χ2v) is 9.63. The first-order valence-electron chi connectivity index (χ1n) is 12.7. The summed E-state index contributed by atoms with van der Waals surface area (Å²) in [6.45, 7) is 9.72. The Balaban J connectivity index is 1.25. The summed E-state index contributed by atoms with van der Waals surface area (Å²) in [6.07, 6.45) is 8.15. The number of hydrogen-bond acceptors (Lipinski definition) is 7. The third kappa shape index (κ3) is 5.62. The van der Waals surface area contributed by atoms with Gasteiger partial charge in [0.25, 0.3) is 0 Å². The highest BCUT2D eigenvalue weighted by Crippen LogP contribution is 2.27. The van der Waals surface area contributed by atoms with E-state index in [1.165, 1.54) is 18.3 Å². The van der Waals surface area contributed by atoms with Gasteiger partial charge in [0.2, 0.25) is 5.95 Å². The first-order chi connectivity index (χ1) is 17.1. The highest BCUT2D eigenvalue weighted by molar-refractivity contribution is 5.63. The lowest BCUT2D eigenvalue weighted by molar-refractivity contribution is 0.180. The Morgan fingerprint density at radius 1 is 1.00 bits per heavy atom. The molecule has 186 valence electrons. The van der Waals surface area contributed by atoms with E-state index < -0.39 is 5.82 Å². The third-order valence-corrected chi connectivity index (χ3v) is 7.08. The van der Waals surface area contributed by atoms with E-state index in [1.807, 2.05) is 23.0 Å². The number of nitrogens with zero attached hydrogens (tertiary/aromatic N) is 7. The van der Waals surface area contributed by atoms with E-state index in [2.05, 4.69) is 61.2 Å². The number of piperidine rings is 1. The van der Waals surface area contributed by atoms with Gasteiger partial charge in [0.05, 0.1) is 18.4 Å². The molecule has 0 spiro atoms. The molecule has 0 bridgehead atoms. The average molecular weight is 479 g/mol. The number of piperazine rings is 1. The SMILES string of the molecule is CCCN1CCC(n2cc(-c3nc(Nc4ccc(N5CCN(C)CC5)cc4)ncc3F)cn2)CC1. The van der Waals surface area contributed by atoms with E-state index >= 15 is 0 Å². The van der Waals surface area contributed by atoms with E-state index in [-0.39, 0.29) is 5.69 Å². The van der Waals surface area contributed by atoms with Gasteiger partial charge >= 0.3 is 0 Å². The molecule has 0 saturated carbocycles. The molecule has 1 aromatic carbocycles. The lowest BCUT2D eigenvalue weighted by Crippen LogP contribution is -2.44. The van der Waals surface area contributed by atoms with Crippen molar-refractivity contribution in [3.8, 4) is 11.3 Å². The Morgan fingerprint density at radius 3 is 2.46 bits per heavy atom. The van der Waals surface area contributed by atoms with Crippen molar-refractivity contribution in [1.82, 2.24) is 29.5 Å². The van der Waals surface area contributed by atoms with Crippen molar-refractivity contribution in [3.63, 3.8) is 0 Å². The number of nitrogens with one attached hydrogen (secondary N) is 1. The van der Waals surface area contributed by atoms with E-state index in [0.29, 0.717) is 17.6 Å². The van der Waals surface area contributed by atoms with Crippen molar-refractivity contribution in [2.24, 2.45) is 0 Å². The highest BCUT2D eigenvalue weighted by Gasteiger charge is 2.22. The zero-order valence-corrected chi connectivity index (χ0v) is 20.7. The fourth-order valence-corrected chi connectivity index (χ4v) is 4.96. The topological polar surface area (TPSA) is 65.4 Å². The number of hydrogen-bond donors (Lipinski definition) is 1. The molecular weight excluding hydrogens is 443 g/mol. The second kappa shape index (κ2) is 10.7. The van der Waals surface area contributed by atoms with Crippen molar-refractivity contribution in [1.29, 1.82) is 0 Å². The number of likely N-dealkylation sites (tertiary alicyclic amines) is 1. The Kier molecular flexibility index (Phi) is 7.24. The van der Waals surface area contributed by atoms with E-state index in [9.17, 15) is 4.39 Å². The van der Waals surface area contributed by atoms with Crippen molar-refractivity contribution < 1.29 is 4.39 Å². The van der Waals surface area contributed by atoms with Crippen LogP contribution in [-0.4, -0.2) is 82.4 Å². The van der Waals surface area contributed by atoms with Gasteiger partial charge in [-0.05, 0) is 57.1 Å². The maximum atomic E-state index is 14.7. The highest BCUT2D eigenvalue weighted by atomic mass is 19.1. The van der Waals surface area contributed by atoms with Gasteiger partial charge in [0.1, 0.15) is 5.69 Å². The van der Waals surface area contributed by atoms with Crippen LogP contribution in [-0.2, 0) is 0 Å². The molecule has 5 rings (SSSR count). The Morgan fingerprint density at radius 2 is 1.74 bits per heavy atom. The fourth-order valence-electron chi connectivity index (χ4n) is 4.96. The third-order valence-electron chi connectivity index (χ3n) is 7.08. The van der Waals surface area contributed by atoms with Crippen molar-refractivity contribution in [2.45, 2.75) is 32.2 Å². The molecule has 0 atom stereocenters. The summed E-state index contributed by atoms with van der Waals surface area (Å²) in [4.78, 5) is 15.9. The van der Waals surface area contributed by atoms with E-state index in [4.69, 9.17) is 0 Å². The summed E-state index contributed by atoms with van der Waals surface area (Å²) in [5.41, 5.74) is 3.02. The van der Waals surface area contributed by atoms with Crippen LogP contribution in [0.15, 0.2) is 42.9 Å². The van der Waals surface area contributed by atoms with Crippen LogP contribution in [0.2, 0.25) is 0 Å². The lowest BCUT2D eigenvalue weighted by Gasteiger charge is -2.34. The summed E-state index contributed by atoms with van der Waals surface area (Å²) < 4.78 is 16.6. The van der Waals surface area contributed by atoms with Crippen LogP contribution >= 0.6 is 0 Å². The molecule has 8 nitrogen and oxygen atoms in total. The second-order valence-electron chi connectivity index (χ2n) is 9.63. The number of aromatic nitrogens is 4. The van der Waals surface area contributed by atoms with Crippen molar-refractivity contribution in [3.05, 3.63) is 48.7 Å². The molecule has 2 aromatic heterocycles. The number of rotatable bonds is 7. The fraction of sp³-hybridized carbons (Fsp3) is 0.500. The van der Waals surface area contributed by atoms with Crippen LogP contribution in [0.5, 0.6) is 0 Å². The summed E-state index contributed by atoms with van der Waals surface area (Å²) in [7, 11) is 2.16. The predicted molar refractivity (Wildman–Crippen MR) is 138 cm³/mol. The van der Waals surface area contributed by atoms with Gasteiger partial charge in [-0.1, -0.05) is 6.92 Å². The van der Waals surface area contributed by atoms with Crippen LogP contribution in [0, 0.1) is 5.82 Å². The molecule has 35 heavy (non-hydrogen) atoms. The first-order valence-corrected chi connectivity index (χ1v) is 12.7. The van der Waals surface area contributed by atoms with Crippen molar-refractivity contribution >= 4 is 17.3 Å². The van der Waals surface area contributed by atoms with Gasteiger partial charge in [-0.2, -0.15) is 5.10 Å². The molecule has 2 aliphatic rings. The predicted octanol–water partition coefficient (Wildman–Crippen LogP) is 4.02. The number of likely N-dealkylation sites (N-methyl/N-ethyl adjacent to an activating group) is 1. The normalized spacial score (nSPS) is 18.2. The lowest BCUT2D eigenvalue weighted by atomic mass is 10.1. The molecule has 4 heterocycles. The van der Waals surface area contributed by atoms with Crippen molar-refractivity contribution in [2.75, 3.05) is 63.1 Å². The first kappa shape index (κ1) is 23.7. The maximum absolute atomic E-state index is 14.7. The molecule has 0 aliphatic carbocycles. The molecule has 9 heteroatoms. The van der Waals surface area contributed by atoms with E-state index in [1.54, 1.807) is 6.20 Å². The quantitative estimate of drug-likeness (QED) is 0.550. The maximum Gasteiger partial charge on any atom is 0.227 e. The summed E-state index contributed by atoms with van der Waals surface area (Å²) >= 11 is 0. The van der Waals surface area contributed by atoms with Crippen LogP contribution < -0.4 is 10.2 Å². The smallest absolute Gasteiger partial charge is 0.227 e. The molecular formula is C26H35FN8. The van der Waals surface area contributed by atoms with Crippen LogP contribution in [0.4, 0.5) is 21.7 Å². The summed E-state index contributed by atoms with van der Waals surface area (Å²) in [5, 5.41) is 7.76. The van der Waals surface area contributed by atoms with Gasteiger partial charge in [0, 0.05) is 62.4 Å². The van der Waals surface area contributed by atoms with Gasteiger partial charge in [-0.3, -0.25) is 4.68 Å². The number of anilines is 3. The van der Waals surface area contributed by atoms with Crippen LogP contribution in [0.1, 0.15) is 32.2 Å². The monoisotopic (exact) mass is 478 g/mol. The number of halogens is 1. The van der Waals surface area contributed by atoms with Crippen LogP contribution in [0.25, 0.3) is 11.3 Å². The molecule has 0 unspecified atom stereocenters. The van der Waals surface area contributed by atoms with E-state index in [0.717, 1.165) is 64.3 Å². The molecule has 3 aromatic rings. The summed E-state index contributed by atoms with van der Waals surface area (Å²) in [5.74, 6) is -0.0762. The minimum atomic E-state index is -0.446. The molecule has 2 aliphatic heterocycles. The average Bonchev–Trinajstić information content (AvgIpc) is 3.37. The molecule has 2 saturated heterocycles. The van der Waals surface area contributed by atoms with Gasteiger partial charge in [-0.25, -0.2) is 14.4 Å². The Hall–Kier alpha value is -3.04. The number of benzene rings is 1. The summed E-state index contributed by atoms with van der Waals surface area (Å²) in [6, 6.07) is 8.59. The Bertz CT molecular complexity index is 1100. The largest absolute Gasteiger partial charge is 0.369 e. The Labute approximate surface area is 206 Å². The van der Waals surface area contributed by atoms with Gasteiger partial charge in [0.15, 0.2) is 5.82 Å². The molecule has 2 fully saturated rings.